The molecule has 1 aromatic rings. The SMILES string of the molecule is Cc1ccc(C(N)=NO)c(SC(C)C)n1. The van der Waals surface area contributed by atoms with Crippen LogP contribution >= 0.6 is 11.8 Å². The highest BCUT2D eigenvalue weighted by Crippen LogP contribution is 2.24. The van der Waals surface area contributed by atoms with Crippen molar-refractivity contribution in [2.45, 2.75) is 31.0 Å². The van der Waals surface area contributed by atoms with Gasteiger partial charge in [-0.25, -0.2) is 4.98 Å². The number of hydrogen-bond donors (Lipinski definition) is 2. The average Bonchev–Trinajstić information content (AvgIpc) is 2.16. The van der Waals surface area contributed by atoms with Gasteiger partial charge in [0.05, 0.1) is 5.56 Å². The van der Waals surface area contributed by atoms with Crippen molar-refractivity contribution >= 4 is 17.6 Å². The zero-order chi connectivity index (χ0) is 11.4. The Morgan fingerprint density at radius 1 is 1.53 bits per heavy atom. The van der Waals surface area contributed by atoms with Crippen LogP contribution in [-0.2, 0) is 0 Å². The molecule has 0 unspecified atom stereocenters. The van der Waals surface area contributed by atoms with Gasteiger partial charge < -0.3 is 10.9 Å². The topological polar surface area (TPSA) is 71.5 Å². The van der Waals surface area contributed by atoms with Crippen molar-refractivity contribution in [2.24, 2.45) is 10.9 Å². The van der Waals surface area contributed by atoms with Crippen LogP contribution in [-0.4, -0.2) is 21.3 Å². The summed E-state index contributed by atoms with van der Waals surface area (Å²) in [4.78, 5) is 4.37. The first kappa shape index (κ1) is 11.8. The number of nitrogens with two attached hydrogens (primary N) is 1. The molecule has 0 bridgehead atoms. The molecule has 0 spiro atoms. The van der Waals surface area contributed by atoms with E-state index in [2.05, 4.69) is 24.0 Å². The van der Waals surface area contributed by atoms with E-state index < -0.39 is 0 Å². The molecule has 0 atom stereocenters. The quantitative estimate of drug-likeness (QED) is 0.271. The highest BCUT2D eigenvalue weighted by Gasteiger charge is 2.10. The molecule has 82 valence electrons. The summed E-state index contributed by atoms with van der Waals surface area (Å²) in [6.07, 6.45) is 0. The van der Waals surface area contributed by atoms with E-state index in [4.69, 9.17) is 10.9 Å². The average molecular weight is 225 g/mol. The van der Waals surface area contributed by atoms with Crippen molar-refractivity contribution in [3.63, 3.8) is 0 Å². The molecule has 0 fully saturated rings. The second-order valence-electron chi connectivity index (χ2n) is 3.46. The lowest BCUT2D eigenvalue weighted by Crippen LogP contribution is -2.15. The molecule has 0 aliphatic carbocycles. The number of amidine groups is 1. The summed E-state index contributed by atoms with van der Waals surface area (Å²) in [5, 5.41) is 12.9. The molecule has 3 N–H and O–H groups in total. The Kier molecular flexibility index (Phi) is 3.96. The lowest BCUT2D eigenvalue weighted by Gasteiger charge is -2.09. The third kappa shape index (κ3) is 3.13. The maximum atomic E-state index is 8.64. The van der Waals surface area contributed by atoms with E-state index in [1.54, 1.807) is 11.8 Å². The van der Waals surface area contributed by atoms with E-state index >= 15 is 0 Å². The van der Waals surface area contributed by atoms with Gasteiger partial charge in [-0.3, -0.25) is 0 Å². The summed E-state index contributed by atoms with van der Waals surface area (Å²) in [6, 6.07) is 3.67. The van der Waals surface area contributed by atoms with Crippen molar-refractivity contribution in [3.8, 4) is 0 Å². The van der Waals surface area contributed by atoms with Crippen LogP contribution in [0.15, 0.2) is 22.3 Å². The lowest BCUT2D eigenvalue weighted by atomic mass is 10.2. The molecule has 1 aromatic heterocycles. The molecule has 4 nitrogen and oxygen atoms in total. The van der Waals surface area contributed by atoms with Gasteiger partial charge in [0, 0.05) is 10.9 Å². The van der Waals surface area contributed by atoms with Crippen molar-refractivity contribution in [2.75, 3.05) is 0 Å². The van der Waals surface area contributed by atoms with Gasteiger partial charge in [0.15, 0.2) is 5.84 Å². The number of hydrogen-bond acceptors (Lipinski definition) is 4. The monoisotopic (exact) mass is 225 g/mol. The number of rotatable bonds is 3. The largest absolute Gasteiger partial charge is 0.409 e. The molecule has 0 saturated carbocycles. The first-order chi connectivity index (χ1) is 7.04. The van der Waals surface area contributed by atoms with Crippen LogP contribution in [0, 0.1) is 6.92 Å². The van der Waals surface area contributed by atoms with Crippen molar-refractivity contribution in [1.82, 2.24) is 4.98 Å². The minimum absolute atomic E-state index is 0.102. The molecule has 0 saturated heterocycles. The maximum absolute atomic E-state index is 8.64. The maximum Gasteiger partial charge on any atom is 0.172 e. The van der Waals surface area contributed by atoms with E-state index in [1.807, 2.05) is 19.1 Å². The van der Waals surface area contributed by atoms with Crippen LogP contribution in [0.3, 0.4) is 0 Å². The molecule has 5 heteroatoms. The fraction of sp³-hybridized carbons (Fsp3) is 0.400. The molecule has 1 rings (SSSR count). The number of aromatic nitrogens is 1. The summed E-state index contributed by atoms with van der Waals surface area (Å²) in [7, 11) is 0. The van der Waals surface area contributed by atoms with Crippen LogP contribution in [0.2, 0.25) is 0 Å². The Hall–Kier alpha value is -1.23. The molecule has 1 heterocycles. The second kappa shape index (κ2) is 5.02. The fourth-order valence-electron chi connectivity index (χ4n) is 1.09. The molecule has 0 aromatic carbocycles. The standard InChI is InChI=1S/C10H15N3OS/c1-6(2)15-10-8(9(11)13-14)5-4-7(3)12-10/h4-6,14H,1-3H3,(H2,11,13). The highest BCUT2D eigenvalue weighted by molar-refractivity contribution is 7.99. The minimum atomic E-state index is 0.102. The summed E-state index contributed by atoms with van der Waals surface area (Å²) < 4.78 is 0. The van der Waals surface area contributed by atoms with Crippen LogP contribution in [0.25, 0.3) is 0 Å². The Bertz CT molecular complexity index is 377. The normalized spacial score (nSPS) is 12.1. The number of nitrogens with zero attached hydrogens (tertiary/aromatic N) is 2. The van der Waals surface area contributed by atoms with Crippen molar-refractivity contribution in [3.05, 3.63) is 23.4 Å². The molecule has 15 heavy (non-hydrogen) atoms. The van der Waals surface area contributed by atoms with Crippen molar-refractivity contribution < 1.29 is 5.21 Å². The number of thioether (sulfide) groups is 1. The van der Waals surface area contributed by atoms with Crippen LogP contribution < -0.4 is 5.73 Å². The highest BCUT2D eigenvalue weighted by atomic mass is 32.2. The van der Waals surface area contributed by atoms with E-state index in [1.165, 1.54) is 0 Å². The third-order valence-corrected chi connectivity index (χ3v) is 2.74. The van der Waals surface area contributed by atoms with Gasteiger partial charge in [0.25, 0.3) is 0 Å². The molecule has 0 radical (unpaired) electrons. The van der Waals surface area contributed by atoms with Gasteiger partial charge in [-0.1, -0.05) is 19.0 Å². The minimum Gasteiger partial charge on any atom is -0.409 e. The van der Waals surface area contributed by atoms with Gasteiger partial charge in [0.2, 0.25) is 0 Å². The zero-order valence-electron chi connectivity index (χ0n) is 9.06. The summed E-state index contributed by atoms with van der Waals surface area (Å²) in [5.74, 6) is 0.102. The first-order valence-electron chi connectivity index (χ1n) is 4.66. The summed E-state index contributed by atoms with van der Waals surface area (Å²) in [5.41, 5.74) is 7.17. The predicted octanol–water partition coefficient (Wildman–Crippen LogP) is 1.99. The Labute approximate surface area is 93.6 Å². The first-order valence-corrected chi connectivity index (χ1v) is 5.54. The molecule has 0 amide bonds. The predicted molar refractivity (Wildman–Crippen MR) is 62.5 cm³/mol. The van der Waals surface area contributed by atoms with Crippen LogP contribution in [0.5, 0.6) is 0 Å². The number of pyridine rings is 1. The molecule has 0 aliphatic rings. The van der Waals surface area contributed by atoms with Gasteiger partial charge >= 0.3 is 0 Å². The van der Waals surface area contributed by atoms with Crippen LogP contribution in [0.4, 0.5) is 0 Å². The van der Waals surface area contributed by atoms with E-state index in [-0.39, 0.29) is 5.84 Å². The number of aryl methyl sites for hydroxylation is 1. The molecular weight excluding hydrogens is 210 g/mol. The van der Waals surface area contributed by atoms with Gasteiger partial charge in [-0.15, -0.1) is 11.8 Å². The van der Waals surface area contributed by atoms with E-state index in [0.717, 1.165) is 10.7 Å². The fourth-order valence-corrected chi connectivity index (χ4v) is 2.04. The lowest BCUT2D eigenvalue weighted by molar-refractivity contribution is 0.318. The summed E-state index contributed by atoms with van der Waals surface area (Å²) >= 11 is 1.60. The van der Waals surface area contributed by atoms with Gasteiger partial charge in [0.1, 0.15) is 5.03 Å². The Morgan fingerprint density at radius 3 is 2.73 bits per heavy atom. The zero-order valence-corrected chi connectivity index (χ0v) is 9.88. The van der Waals surface area contributed by atoms with E-state index in [0.29, 0.717) is 10.8 Å². The smallest absolute Gasteiger partial charge is 0.172 e. The van der Waals surface area contributed by atoms with Gasteiger partial charge in [-0.05, 0) is 19.1 Å². The summed E-state index contributed by atoms with van der Waals surface area (Å²) in [6.45, 7) is 6.07. The molecular formula is C10H15N3OS. The number of oxime groups is 1. The van der Waals surface area contributed by atoms with Crippen LogP contribution in [0.1, 0.15) is 25.1 Å². The third-order valence-electron chi connectivity index (χ3n) is 1.73. The van der Waals surface area contributed by atoms with E-state index in [9.17, 15) is 0 Å². The second-order valence-corrected chi connectivity index (χ2v) is 5.02. The Balaban J connectivity index is 3.14. The van der Waals surface area contributed by atoms with Crippen molar-refractivity contribution in [1.29, 1.82) is 0 Å². The Morgan fingerprint density at radius 2 is 2.20 bits per heavy atom. The molecule has 0 aliphatic heterocycles. The van der Waals surface area contributed by atoms with Gasteiger partial charge in [-0.2, -0.15) is 0 Å².